The lowest BCUT2D eigenvalue weighted by molar-refractivity contribution is -0.0620. The summed E-state index contributed by atoms with van der Waals surface area (Å²) in [6.45, 7) is 13.3. The van der Waals surface area contributed by atoms with Gasteiger partial charge in [-0.15, -0.1) is 0 Å². The van der Waals surface area contributed by atoms with Crippen LogP contribution in [0.5, 0.6) is 5.75 Å². The molecular formula is C16H26O2. The van der Waals surface area contributed by atoms with Gasteiger partial charge in [-0.2, -0.15) is 0 Å². The summed E-state index contributed by atoms with van der Waals surface area (Å²) in [4.78, 5) is 0. The molecule has 0 aliphatic rings. The number of benzene rings is 1. The lowest BCUT2D eigenvalue weighted by Gasteiger charge is -2.20. The van der Waals surface area contributed by atoms with E-state index >= 15 is 0 Å². The molecule has 0 aliphatic heterocycles. The zero-order valence-electron chi connectivity index (χ0n) is 12.5. The monoisotopic (exact) mass is 250 g/mol. The lowest BCUT2D eigenvalue weighted by Crippen LogP contribution is -2.17. The topological polar surface area (TPSA) is 18.5 Å². The molecule has 2 atom stereocenters. The van der Waals surface area contributed by atoms with Crippen molar-refractivity contribution in [1.82, 2.24) is 0 Å². The molecule has 2 unspecified atom stereocenters. The van der Waals surface area contributed by atoms with Crippen LogP contribution in [0.3, 0.4) is 0 Å². The molecule has 0 amide bonds. The average Bonchev–Trinajstić information content (AvgIpc) is 2.32. The normalized spacial score (nSPS) is 14.3. The van der Waals surface area contributed by atoms with Crippen LogP contribution in [0.2, 0.25) is 0 Å². The van der Waals surface area contributed by atoms with Crippen molar-refractivity contribution in [3.8, 4) is 5.75 Å². The van der Waals surface area contributed by atoms with E-state index in [4.69, 9.17) is 9.47 Å². The summed E-state index contributed by atoms with van der Waals surface area (Å²) in [5.41, 5.74) is 3.78. The first-order valence-corrected chi connectivity index (χ1v) is 6.88. The van der Waals surface area contributed by atoms with Gasteiger partial charge in [0.1, 0.15) is 5.75 Å². The fourth-order valence-corrected chi connectivity index (χ4v) is 2.12. The van der Waals surface area contributed by atoms with Gasteiger partial charge >= 0.3 is 0 Å². The van der Waals surface area contributed by atoms with Gasteiger partial charge in [-0.1, -0.05) is 26.0 Å². The van der Waals surface area contributed by atoms with E-state index in [1.54, 1.807) is 0 Å². The van der Waals surface area contributed by atoms with Gasteiger partial charge in [0.25, 0.3) is 0 Å². The Morgan fingerprint density at radius 2 is 1.61 bits per heavy atom. The Morgan fingerprint density at radius 1 is 1.06 bits per heavy atom. The first-order chi connectivity index (χ1) is 8.49. The highest BCUT2D eigenvalue weighted by atomic mass is 16.7. The molecule has 2 nitrogen and oxygen atoms in total. The molecule has 0 aromatic heterocycles. The Kier molecular flexibility index (Phi) is 5.67. The number of rotatable bonds is 6. The number of aryl methyl sites for hydroxylation is 2. The highest BCUT2D eigenvalue weighted by molar-refractivity contribution is 5.44. The molecule has 1 aromatic carbocycles. The van der Waals surface area contributed by atoms with Crippen LogP contribution in [0.1, 0.15) is 56.7 Å². The minimum atomic E-state index is -0.193. The molecule has 0 radical (unpaired) electrons. The fourth-order valence-electron chi connectivity index (χ4n) is 2.12. The minimum absolute atomic E-state index is 0.193. The molecule has 0 saturated carbocycles. The number of ether oxygens (including phenoxy) is 2. The van der Waals surface area contributed by atoms with Gasteiger partial charge in [0.15, 0.2) is 6.29 Å². The standard InChI is InChI=1S/C16H26O2/c1-7-11(3)15-9-12(4)16(13(5)10-15)18-14(6)17-8-2/h9-11,14H,7-8H2,1-6H3. The van der Waals surface area contributed by atoms with Gasteiger partial charge in [-0.05, 0) is 56.7 Å². The van der Waals surface area contributed by atoms with Crippen molar-refractivity contribution in [1.29, 1.82) is 0 Å². The van der Waals surface area contributed by atoms with Crippen molar-refractivity contribution >= 4 is 0 Å². The summed E-state index contributed by atoms with van der Waals surface area (Å²) in [7, 11) is 0. The molecule has 0 saturated heterocycles. The second-order valence-electron chi connectivity index (χ2n) is 4.93. The predicted octanol–water partition coefficient (Wildman–Crippen LogP) is 4.58. The van der Waals surface area contributed by atoms with E-state index in [9.17, 15) is 0 Å². The summed E-state index contributed by atoms with van der Waals surface area (Å²) in [5, 5.41) is 0. The van der Waals surface area contributed by atoms with E-state index in [1.165, 1.54) is 16.7 Å². The fraction of sp³-hybridized carbons (Fsp3) is 0.625. The van der Waals surface area contributed by atoms with Crippen molar-refractivity contribution in [3.63, 3.8) is 0 Å². The van der Waals surface area contributed by atoms with Gasteiger partial charge in [-0.3, -0.25) is 0 Å². The summed E-state index contributed by atoms with van der Waals surface area (Å²) in [6, 6.07) is 4.46. The van der Waals surface area contributed by atoms with Crippen LogP contribution < -0.4 is 4.74 Å². The van der Waals surface area contributed by atoms with Crippen LogP contribution in [0, 0.1) is 13.8 Å². The Labute approximate surface area is 111 Å². The van der Waals surface area contributed by atoms with Crippen LogP contribution in [0.15, 0.2) is 12.1 Å². The largest absolute Gasteiger partial charge is 0.465 e. The Morgan fingerprint density at radius 3 is 2.06 bits per heavy atom. The van der Waals surface area contributed by atoms with E-state index in [0.29, 0.717) is 12.5 Å². The van der Waals surface area contributed by atoms with Gasteiger partial charge in [0.2, 0.25) is 0 Å². The van der Waals surface area contributed by atoms with Gasteiger partial charge in [0, 0.05) is 6.61 Å². The SMILES string of the molecule is CCOC(C)Oc1c(C)cc(C(C)CC)cc1C. The maximum atomic E-state index is 5.86. The molecule has 0 bridgehead atoms. The van der Waals surface area contributed by atoms with Crippen molar-refractivity contribution in [3.05, 3.63) is 28.8 Å². The molecule has 0 fully saturated rings. The highest BCUT2D eigenvalue weighted by Gasteiger charge is 2.12. The third kappa shape index (κ3) is 3.74. The summed E-state index contributed by atoms with van der Waals surface area (Å²) < 4.78 is 11.3. The maximum Gasteiger partial charge on any atom is 0.196 e. The number of hydrogen-bond donors (Lipinski definition) is 0. The Bertz CT molecular complexity index is 362. The Balaban J connectivity index is 2.94. The second-order valence-corrected chi connectivity index (χ2v) is 4.93. The van der Waals surface area contributed by atoms with Gasteiger partial charge in [0.05, 0.1) is 0 Å². The van der Waals surface area contributed by atoms with E-state index < -0.39 is 0 Å². The first-order valence-electron chi connectivity index (χ1n) is 6.88. The molecule has 0 heterocycles. The quantitative estimate of drug-likeness (QED) is 0.688. The predicted molar refractivity (Wildman–Crippen MR) is 76.3 cm³/mol. The van der Waals surface area contributed by atoms with Crippen LogP contribution in [-0.2, 0) is 4.74 Å². The van der Waals surface area contributed by atoms with Gasteiger partial charge < -0.3 is 9.47 Å². The molecule has 1 rings (SSSR count). The molecule has 2 heteroatoms. The van der Waals surface area contributed by atoms with Crippen LogP contribution in [0.4, 0.5) is 0 Å². The molecule has 18 heavy (non-hydrogen) atoms. The highest BCUT2D eigenvalue weighted by Crippen LogP contribution is 2.30. The molecule has 0 N–H and O–H groups in total. The summed E-state index contributed by atoms with van der Waals surface area (Å²) in [6.07, 6.45) is 0.968. The van der Waals surface area contributed by atoms with Crippen LogP contribution in [0.25, 0.3) is 0 Å². The molecular weight excluding hydrogens is 224 g/mol. The van der Waals surface area contributed by atoms with Crippen LogP contribution >= 0.6 is 0 Å². The van der Waals surface area contributed by atoms with Crippen molar-refractivity contribution in [2.24, 2.45) is 0 Å². The van der Waals surface area contributed by atoms with E-state index in [2.05, 4.69) is 39.8 Å². The van der Waals surface area contributed by atoms with Crippen molar-refractivity contribution in [2.75, 3.05) is 6.61 Å². The third-order valence-electron chi connectivity index (χ3n) is 3.35. The molecule has 0 aliphatic carbocycles. The maximum absolute atomic E-state index is 5.86. The summed E-state index contributed by atoms with van der Waals surface area (Å²) >= 11 is 0. The smallest absolute Gasteiger partial charge is 0.196 e. The van der Waals surface area contributed by atoms with E-state index in [0.717, 1.165) is 12.2 Å². The van der Waals surface area contributed by atoms with Crippen molar-refractivity contribution < 1.29 is 9.47 Å². The Hall–Kier alpha value is -1.02. The zero-order valence-corrected chi connectivity index (χ0v) is 12.5. The van der Waals surface area contributed by atoms with Crippen LogP contribution in [-0.4, -0.2) is 12.9 Å². The average molecular weight is 250 g/mol. The van der Waals surface area contributed by atoms with Crippen molar-refractivity contribution in [2.45, 2.75) is 60.2 Å². The first kappa shape index (κ1) is 15.0. The minimum Gasteiger partial charge on any atom is -0.465 e. The second kappa shape index (κ2) is 6.79. The van der Waals surface area contributed by atoms with E-state index in [1.807, 2.05) is 13.8 Å². The van der Waals surface area contributed by atoms with Gasteiger partial charge in [-0.25, -0.2) is 0 Å². The lowest BCUT2D eigenvalue weighted by atomic mass is 9.94. The zero-order chi connectivity index (χ0) is 13.7. The molecule has 102 valence electrons. The number of hydrogen-bond acceptors (Lipinski definition) is 2. The molecule has 1 aromatic rings. The summed E-state index contributed by atoms with van der Waals surface area (Å²) in [5.74, 6) is 1.56. The van der Waals surface area contributed by atoms with E-state index in [-0.39, 0.29) is 6.29 Å². The molecule has 0 spiro atoms. The third-order valence-corrected chi connectivity index (χ3v) is 3.35.